The molecule has 4 rings (SSSR count). The lowest BCUT2D eigenvalue weighted by atomic mass is 9.93. The van der Waals surface area contributed by atoms with Crippen LogP contribution < -0.4 is 4.90 Å². The molecule has 1 fully saturated rings. The standard InChI is InChI=1S/C17H17N3OS/c21-16(14-4-2-10-22-14)13-3-1-9-20(11-13)15-6-5-12-7-8-18-17(12)19-15/h2,4-8,10,13H,1,3,9,11H2,(H,18,19)/t13-/m0/s1. The molecule has 0 bridgehead atoms. The van der Waals surface area contributed by atoms with Gasteiger partial charge in [-0.05, 0) is 42.5 Å². The van der Waals surface area contributed by atoms with Gasteiger partial charge in [-0.2, -0.15) is 0 Å². The first-order valence-corrected chi connectivity index (χ1v) is 8.46. The van der Waals surface area contributed by atoms with Crippen LogP contribution in [0.2, 0.25) is 0 Å². The van der Waals surface area contributed by atoms with E-state index in [-0.39, 0.29) is 11.7 Å². The Morgan fingerprint density at radius 2 is 2.27 bits per heavy atom. The monoisotopic (exact) mass is 311 g/mol. The zero-order valence-electron chi connectivity index (χ0n) is 12.2. The van der Waals surface area contributed by atoms with E-state index in [2.05, 4.69) is 20.9 Å². The van der Waals surface area contributed by atoms with Crippen LogP contribution in [0.25, 0.3) is 11.0 Å². The number of nitrogens with one attached hydrogen (secondary N) is 1. The second-order valence-electron chi connectivity index (χ2n) is 5.71. The Kier molecular flexibility index (Phi) is 3.42. The van der Waals surface area contributed by atoms with Crippen molar-refractivity contribution in [3.63, 3.8) is 0 Å². The van der Waals surface area contributed by atoms with Crippen molar-refractivity contribution in [2.75, 3.05) is 18.0 Å². The summed E-state index contributed by atoms with van der Waals surface area (Å²) in [5, 5.41) is 3.08. The number of nitrogens with zero attached hydrogens (tertiary/aromatic N) is 2. The first kappa shape index (κ1) is 13.5. The van der Waals surface area contributed by atoms with Crippen LogP contribution in [0.4, 0.5) is 5.82 Å². The number of fused-ring (bicyclic) bond motifs is 1. The van der Waals surface area contributed by atoms with E-state index in [4.69, 9.17) is 0 Å². The van der Waals surface area contributed by atoms with Crippen molar-refractivity contribution in [1.29, 1.82) is 0 Å². The predicted molar refractivity (Wildman–Crippen MR) is 89.7 cm³/mol. The van der Waals surface area contributed by atoms with Gasteiger partial charge in [0.25, 0.3) is 0 Å². The third-order valence-electron chi connectivity index (χ3n) is 4.27. The van der Waals surface area contributed by atoms with Crippen LogP contribution >= 0.6 is 11.3 Å². The maximum absolute atomic E-state index is 12.6. The van der Waals surface area contributed by atoms with Crippen LogP contribution in [0.15, 0.2) is 41.9 Å². The second-order valence-corrected chi connectivity index (χ2v) is 6.66. The predicted octanol–water partition coefficient (Wildman–Crippen LogP) is 3.72. The van der Waals surface area contributed by atoms with E-state index in [9.17, 15) is 4.79 Å². The Labute approximate surface area is 132 Å². The first-order valence-electron chi connectivity index (χ1n) is 7.58. The molecule has 1 aliphatic rings. The van der Waals surface area contributed by atoms with E-state index >= 15 is 0 Å². The van der Waals surface area contributed by atoms with Crippen molar-refractivity contribution in [2.24, 2.45) is 5.92 Å². The number of rotatable bonds is 3. The molecule has 1 saturated heterocycles. The van der Waals surface area contributed by atoms with Crippen LogP contribution in [0.5, 0.6) is 0 Å². The molecule has 0 unspecified atom stereocenters. The summed E-state index contributed by atoms with van der Waals surface area (Å²) < 4.78 is 0. The largest absolute Gasteiger partial charge is 0.356 e. The summed E-state index contributed by atoms with van der Waals surface area (Å²) in [4.78, 5) is 23.5. The molecule has 1 atom stereocenters. The van der Waals surface area contributed by atoms with Crippen LogP contribution in [0, 0.1) is 5.92 Å². The Balaban J connectivity index is 1.56. The molecular weight excluding hydrogens is 294 g/mol. The fraction of sp³-hybridized carbons (Fsp3) is 0.294. The smallest absolute Gasteiger partial charge is 0.177 e. The van der Waals surface area contributed by atoms with Gasteiger partial charge in [0.1, 0.15) is 11.5 Å². The van der Waals surface area contributed by atoms with Crippen molar-refractivity contribution < 1.29 is 4.79 Å². The summed E-state index contributed by atoms with van der Waals surface area (Å²) in [6.07, 6.45) is 3.91. The minimum atomic E-state index is 0.0774. The van der Waals surface area contributed by atoms with E-state index in [0.29, 0.717) is 0 Å². The average Bonchev–Trinajstić information content (AvgIpc) is 3.25. The summed E-state index contributed by atoms with van der Waals surface area (Å²) in [6.45, 7) is 1.73. The van der Waals surface area contributed by atoms with E-state index in [0.717, 1.165) is 47.7 Å². The van der Waals surface area contributed by atoms with Gasteiger partial charge in [0.05, 0.1) is 4.88 Å². The van der Waals surface area contributed by atoms with E-state index in [1.807, 2.05) is 35.8 Å². The summed E-state index contributed by atoms with van der Waals surface area (Å²) >= 11 is 1.54. The van der Waals surface area contributed by atoms with Gasteiger partial charge in [-0.1, -0.05) is 6.07 Å². The average molecular weight is 311 g/mol. The quantitative estimate of drug-likeness (QED) is 0.750. The molecule has 22 heavy (non-hydrogen) atoms. The summed E-state index contributed by atoms with van der Waals surface area (Å²) in [7, 11) is 0. The molecule has 1 aliphatic heterocycles. The van der Waals surface area contributed by atoms with Crippen LogP contribution in [0.1, 0.15) is 22.5 Å². The van der Waals surface area contributed by atoms with Gasteiger partial charge in [-0.3, -0.25) is 4.79 Å². The molecule has 4 nitrogen and oxygen atoms in total. The van der Waals surface area contributed by atoms with Crippen LogP contribution in [0.3, 0.4) is 0 Å². The molecule has 0 spiro atoms. The third-order valence-corrected chi connectivity index (χ3v) is 5.16. The maximum atomic E-state index is 12.6. The number of H-pyrrole nitrogens is 1. The molecule has 0 radical (unpaired) electrons. The number of anilines is 1. The minimum absolute atomic E-state index is 0.0774. The molecule has 0 amide bonds. The molecule has 112 valence electrons. The lowest BCUT2D eigenvalue weighted by Gasteiger charge is -2.32. The Morgan fingerprint density at radius 3 is 3.14 bits per heavy atom. The van der Waals surface area contributed by atoms with Crippen LogP contribution in [-0.2, 0) is 0 Å². The van der Waals surface area contributed by atoms with Gasteiger partial charge in [-0.25, -0.2) is 4.98 Å². The third kappa shape index (κ3) is 2.41. The minimum Gasteiger partial charge on any atom is -0.356 e. The van der Waals surface area contributed by atoms with Gasteiger partial charge < -0.3 is 9.88 Å². The molecule has 0 aliphatic carbocycles. The lowest BCUT2D eigenvalue weighted by Crippen LogP contribution is -2.39. The lowest BCUT2D eigenvalue weighted by molar-refractivity contribution is 0.0911. The van der Waals surface area contributed by atoms with Crippen molar-refractivity contribution in [2.45, 2.75) is 12.8 Å². The molecule has 4 heterocycles. The van der Waals surface area contributed by atoms with Crippen molar-refractivity contribution in [3.05, 3.63) is 46.8 Å². The highest BCUT2D eigenvalue weighted by Crippen LogP contribution is 2.26. The highest BCUT2D eigenvalue weighted by molar-refractivity contribution is 7.12. The number of ketones is 1. The number of aromatic amines is 1. The first-order chi connectivity index (χ1) is 10.8. The molecule has 5 heteroatoms. The van der Waals surface area contributed by atoms with E-state index in [1.165, 1.54) is 11.3 Å². The normalized spacial score (nSPS) is 18.7. The SMILES string of the molecule is O=C(c1cccs1)[C@H]1CCCN(c2ccc3cc[nH]c3n2)C1. The van der Waals surface area contributed by atoms with Crippen molar-refractivity contribution in [3.8, 4) is 0 Å². The summed E-state index contributed by atoms with van der Waals surface area (Å²) in [5.74, 6) is 1.31. The molecule has 0 aromatic carbocycles. The fourth-order valence-corrected chi connectivity index (χ4v) is 3.86. The van der Waals surface area contributed by atoms with Crippen molar-refractivity contribution >= 4 is 34.0 Å². The highest BCUT2D eigenvalue weighted by Gasteiger charge is 2.27. The number of Topliss-reactive ketones (excluding diaryl/α,β-unsaturated/α-hetero) is 1. The summed E-state index contributed by atoms with van der Waals surface area (Å²) in [6, 6.07) is 10.0. The Morgan fingerprint density at radius 1 is 1.32 bits per heavy atom. The zero-order chi connectivity index (χ0) is 14.9. The molecule has 3 aromatic rings. The van der Waals surface area contributed by atoms with Gasteiger partial charge in [0, 0.05) is 30.6 Å². The van der Waals surface area contributed by atoms with Gasteiger partial charge >= 0.3 is 0 Å². The van der Waals surface area contributed by atoms with Gasteiger partial charge in [0.2, 0.25) is 0 Å². The van der Waals surface area contributed by atoms with Gasteiger partial charge in [0.15, 0.2) is 5.78 Å². The molecule has 3 aromatic heterocycles. The number of aromatic nitrogens is 2. The number of carbonyl (C=O) groups excluding carboxylic acids is 1. The summed E-state index contributed by atoms with van der Waals surface area (Å²) in [5.41, 5.74) is 0.907. The molecule has 0 saturated carbocycles. The number of thiophene rings is 1. The number of hydrogen-bond acceptors (Lipinski definition) is 4. The van der Waals surface area contributed by atoms with E-state index < -0.39 is 0 Å². The number of hydrogen-bond donors (Lipinski definition) is 1. The second kappa shape index (κ2) is 5.57. The van der Waals surface area contributed by atoms with Crippen LogP contribution in [-0.4, -0.2) is 28.8 Å². The maximum Gasteiger partial charge on any atom is 0.177 e. The molecular formula is C17H17N3OS. The Bertz CT molecular complexity index is 793. The van der Waals surface area contributed by atoms with Gasteiger partial charge in [-0.15, -0.1) is 11.3 Å². The topological polar surface area (TPSA) is 49.0 Å². The number of piperidine rings is 1. The Hall–Kier alpha value is -2.14. The zero-order valence-corrected chi connectivity index (χ0v) is 13.0. The molecule has 1 N–H and O–H groups in total. The number of pyridine rings is 1. The van der Waals surface area contributed by atoms with E-state index in [1.54, 1.807) is 0 Å². The van der Waals surface area contributed by atoms with Crippen molar-refractivity contribution in [1.82, 2.24) is 9.97 Å². The fourth-order valence-electron chi connectivity index (χ4n) is 3.12. The highest BCUT2D eigenvalue weighted by atomic mass is 32.1. The number of carbonyl (C=O) groups is 1.